The summed E-state index contributed by atoms with van der Waals surface area (Å²) in [6.07, 6.45) is 7.82. The van der Waals surface area contributed by atoms with Crippen molar-refractivity contribution in [2.75, 3.05) is 0 Å². The second-order valence-corrected chi connectivity index (χ2v) is 5.58. The molecule has 0 unspecified atom stereocenters. The van der Waals surface area contributed by atoms with Crippen molar-refractivity contribution in [2.45, 2.75) is 57.0 Å². The minimum Gasteiger partial charge on any atom is -0.262 e. The summed E-state index contributed by atoms with van der Waals surface area (Å²) in [6.45, 7) is 2.18. The minimum atomic E-state index is -3.78. The Kier molecular flexibility index (Phi) is 5.57. The number of aromatic nitrogens is 3. The van der Waals surface area contributed by atoms with Gasteiger partial charge in [-0.1, -0.05) is 39.0 Å². The largest absolute Gasteiger partial charge is 0.282 e. The van der Waals surface area contributed by atoms with E-state index in [2.05, 4.69) is 22.1 Å². The fourth-order valence-corrected chi connectivity index (χ4v) is 2.00. The zero-order valence-corrected chi connectivity index (χ0v) is 11.0. The van der Waals surface area contributed by atoms with Crippen LogP contribution in [-0.2, 0) is 16.4 Å². The van der Waals surface area contributed by atoms with E-state index in [0.29, 0.717) is 12.2 Å². The number of unbranched alkanes of at least 4 members (excludes halogenated alkanes) is 5. The van der Waals surface area contributed by atoms with Crippen molar-refractivity contribution in [1.29, 1.82) is 0 Å². The molecule has 17 heavy (non-hydrogen) atoms. The Morgan fingerprint density at radius 2 is 1.82 bits per heavy atom. The molecule has 0 aliphatic rings. The van der Waals surface area contributed by atoms with Gasteiger partial charge in [-0.2, -0.15) is 0 Å². The van der Waals surface area contributed by atoms with Gasteiger partial charge in [-0.25, -0.2) is 18.5 Å². The van der Waals surface area contributed by atoms with Crippen molar-refractivity contribution in [1.82, 2.24) is 15.2 Å². The van der Waals surface area contributed by atoms with E-state index in [1.165, 1.54) is 25.7 Å². The molecular weight excluding hydrogens is 240 g/mol. The van der Waals surface area contributed by atoms with Crippen molar-refractivity contribution in [3.05, 3.63) is 5.82 Å². The third-order valence-electron chi connectivity index (χ3n) is 2.53. The number of H-pyrrole nitrogens is 1. The number of aryl methyl sites for hydroxylation is 1. The molecule has 1 aromatic heterocycles. The molecular formula is C10H20N4O2S. The molecule has 0 atom stereocenters. The molecule has 0 saturated carbocycles. The summed E-state index contributed by atoms with van der Waals surface area (Å²) >= 11 is 0. The van der Waals surface area contributed by atoms with Gasteiger partial charge in [0.25, 0.3) is 15.2 Å². The predicted octanol–water partition coefficient (Wildman–Crippen LogP) is 1.36. The number of aromatic amines is 1. The molecule has 0 bridgehead atoms. The Morgan fingerprint density at radius 1 is 1.18 bits per heavy atom. The van der Waals surface area contributed by atoms with Crippen LogP contribution in [0.3, 0.4) is 0 Å². The first-order valence-corrected chi connectivity index (χ1v) is 7.52. The number of hydrogen-bond donors (Lipinski definition) is 2. The van der Waals surface area contributed by atoms with E-state index >= 15 is 0 Å². The Balaban J connectivity index is 2.26. The van der Waals surface area contributed by atoms with Crippen LogP contribution in [0.15, 0.2) is 5.16 Å². The summed E-state index contributed by atoms with van der Waals surface area (Å²) in [5.74, 6) is 0.588. The number of hydrogen-bond acceptors (Lipinski definition) is 4. The highest BCUT2D eigenvalue weighted by molar-refractivity contribution is 7.89. The van der Waals surface area contributed by atoms with Crippen LogP contribution in [0, 0.1) is 0 Å². The Bertz CT molecular complexity index is 427. The maximum Gasteiger partial charge on any atom is 0.282 e. The molecule has 0 aliphatic heterocycles. The van der Waals surface area contributed by atoms with Crippen molar-refractivity contribution in [2.24, 2.45) is 5.14 Å². The van der Waals surface area contributed by atoms with Crippen molar-refractivity contribution >= 4 is 10.0 Å². The van der Waals surface area contributed by atoms with E-state index < -0.39 is 10.0 Å². The zero-order chi connectivity index (χ0) is 12.7. The smallest absolute Gasteiger partial charge is 0.262 e. The number of nitrogens with zero attached hydrogens (tertiary/aromatic N) is 2. The zero-order valence-electron chi connectivity index (χ0n) is 10.1. The van der Waals surface area contributed by atoms with Crippen molar-refractivity contribution < 1.29 is 8.42 Å². The number of rotatable bonds is 8. The first-order valence-electron chi connectivity index (χ1n) is 5.98. The third-order valence-corrected chi connectivity index (χ3v) is 3.22. The van der Waals surface area contributed by atoms with E-state index in [9.17, 15) is 8.42 Å². The van der Waals surface area contributed by atoms with Crippen LogP contribution in [-0.4, -0.2) is 23.6 Å². The summed E-state index contributed by atoms with van der Waals surface area (Å²) in [5.41, 5.74) is 0. The van der Waals surface area contributed by atoms with Gasteiger partial charge in [0.1, 0.15) is 5.82 Å². The summed E-state index contributed by atoms with van der Waals surface area (Å²) < 4.78 is 21.9. The molecule has 0 amide bonds. The molecule has 0 fully saturated rings. The van der Waals surface area contributed by atoms with Crippen molar-refractivity contribution in [3.63, 3.8) is 0 Å². The third kappa shape index (κ3) is 5.27. The lowest BCUT2D eigenvalue weighted by Crippen LogP contribution is -2.13. The first kappa shape index (κ1) is 14.1. The Labute approximate surface area is 102 Å². The highest BCUT2D eigenvalue weighted by atomic mass is 32.2. The Morgan fingerprint density at radius 3 is 2.41 bits per heavy atom. The van der Waals surface area contributed by atoms with Crippen LogP contribution in [0.1, 0.15) is 51.3 Å². The molecule has 98 valence electrons. The highest BCUT2D eigenvalue weighted by Gasteiger charge is 2.14. The van der Waals surface area contributed by atoms with Crippen LogP contribution in [0.25, 0.3) is 0 Å². The first-order chi connectivity index (χ1) is 8.04. The molecule has 6 nitrogen and oxygen atoms in total. The van der Waals surface area contributed by atoms with E-state index in [4.69, 9.17) is 5.14 Å². The summed E-state index contributed by atoms with van der Waals surface area (Å²) in [4.78, 5) is 3.84. The van der Waals surface area contributed by atoms with Crippen LogP contribution in [0.5, 0.6) is 0 Å². The van der Waals surface area contributed by atoms with Gasteiger partial charge in [-0.05, 0) is 6.42 Å². The second-order valence-electron chi connectivity index (χ2n) is 4.13. The molecule has 1 aromatic rings. The second kappa shape index (κ2) is 6.70. The highest BCUT2D eigenvalue weighted by Crippen LogP contribution is 2.08. The molecule has 1 heterocycles. The van der Waals surface area contributed by atoms with E-state index in [0.717, 1.165) is 12.8 Å². The SMILES string of the molecule is CCCCCCCCc1nc(S(N)(=O)=O)n[nH]1. The van der Waals surface area contributed by atoms with Gasteiger partial charge in [0.05, 0.1) is 0 Å². The fourth-order valence-electron chi connectivity index (χ4n) is 1.59. The molecule has 0 aromatic carbocycles. The van der Waals surface area contributed by atoms with Gasteiger partial charge in [-0.3, -0.25) is 5.10 Å². The molecule has 0 radical (unpaired) electrons. The predicted molar refractivity (Wildman–Crippen MR) is 64.8 cm³/mol. The lowest BCUT2D eigenvalue weighted by atomic mass is 10.1. The summed E-state index contributed by atoms with van der Waals surface area (Å²) in [5, 5.41) is 10.7. The lowest BCUT2D eigenvalue weighted by molar-refractivity contribution is 0.588. The van der Waals surface area contributed by atoms with Gasteiger partial charge < -0.3 is 0 Å². The van der Waals surface area contributed by atoms with E-state index in [-0.39, 0.29) is 5.16 Å². The van der Waals surface area contributed by atoms with Gasteiger partial charge in [0, 0.05) is 6.42 Å². The summed E-state index contributed by atoms with van der Waals surface area (Å²) in [6, 6.07) is 0. The molecule has 3 N–H and O–H groups in total. The van der Waals surface area contributed by atoms with E-state index in [1.54, 1.807) is 0 Å². The number of nitrogens with two attached hydrogens (primary N) is 1. The van der Waals surface area contributed by atoms with Crippen LogP contribution < -0.4 is 5.14 Å². The summed E-state index contributed by atoms with van der Waals surface area (Å²) in [7, 11) is -3.78. The van der Waals surface area contributed by atoms with Crippen LogP contribution in [0.2, 0.25) is 0 Å². The molecule has 0 spiro atoms. The molecule has 0 saturated heterocycles. The maximum absolute atomic E-state index is 10.9. The molecule has 7 heteroatoms. The lowest BCUT2D eigenvalue weighted by Gasteiger charge is -1.98. The number of sulfonamides is 1. The number of nitrogens with one attached hydrogen (secondary N) is 1. The standard InChI is InChI=1S/C10H20N4O2S/c1-2-3-4-5-6-7-8-9-12-10(14-13-9)17(11,15)16/h2-8H2,1H3,(H2,11,15,16)(H,12,13,14). The monoisotopic (exact) mass is 260 g/mol. The maximum atomic E-state index is 10.9. The average Bonchev–Trinajstić information content (AvgIpc) is 2.71. The quantitative estimate of drug-likeness (QED) is 0.689. The number of primary sulfonamides is 1. The minimum absolute atomic E-state index is 0.321. The van der Waals surface area contributed by atoms with Gasteiger partial charge >= 0.3 is 0 Å². The normalized spacial score (nSPS) is 11.9. The van der Waals surface area contributed by atoms with Gasteiger partial charge in [0.2, 0.25) is 0 Å². The van der Waals surface area contributed by atoms with Crippen LogP contribution >= 0.6 is 0 Å². The fraction of sp³-hybridized carbons (Fsp3) is 0.800. The van der Waals surface area contributed by atoms with Crippen LogP contribution in [0.4, 0.5) is 0 Å². The van der Waals surface area contributed by atoms with Gasteiger partial charge in [-0.15, -0.1) is 5.10 Å². The molecule has 0 aliphatic carbocycles. The van der Waals surface area contributed by atoms with E-state index in [1.807, 2.05) is 0 Å². The van der Waals surface area contributed by atoms with Crippen molar-refractivity contribution in [3.8, 4) is 0 Å². The van der Waals surface area contributed by atoms with Gasteiger partial charge in [0.15, 0.2) is 0 Å². The molecule has 1 rings (SSSR count). The average molecular weight is 260 g/mol. The Hall–Kier alpha value is -0.950. The topological polar surface area (TPSA) is 102 Å².